The minimum absolute atomic E-state index is 0.121. The van der Waals surface area contributed by atoms with E-state index in [4.69, 9.17) is 5.73 Å². The van der Waals surface area contributed by atoms with Crippen molar-refractivity contribution in [3.63, 3.8) is 0 Å². The minimum atomic E-state index is -0.231. The smallest absolute Gasteiger partial charge is 0.0654 e. The molecule has 2 bridgehead atoms. The molecule has 3 aliphatic carbocycles. The van der Waals surface area contributed by atoms with E-state index in [1.54, 1.807) is 0 Å². The number of fused-ring (bicyclic) bond motifs is 5. The average Bonchev–Trinajstić information content (AvgIpc) is 2.89. The molecule has 0 heterocycles. The van der Waals surface area contributed by atoms with Gasteiger partial charge in [0.25, 0.3) is 0 Å². The zero-order valence-electron chi connectivity index (χ0n) is 11.3. The molecule has 1 aromatic rings. The Kier molecular flexibility index (Phi) is 2.71. The van der Waals surface area contributed by atoms with Gasteiger partial charge in [-0.2, -0.15) is 0 Å². The van der Waals surface area contributed by atoms with Crippen LogP contribution in [0.25, 0.3) is 0 Å². The Morgan fingerprint density at radius 1 is 1.11 bits per heavy atom. The molecule has 0 aliphatic heterocycles. The largest absolute Gasteiger partial charge is 0.392 e. The van der Waals surface area contributed by atoms with E-state index in [1.807, 2.05) is 18.2 Å². The molecule has 0 aromatic heterocycles. The first kappa shape index (κ1) is 11.9. The Morgan fingerprint density at radius 3 is 2.32 bits per heavy atom. The number of aliphatic hydroxyl groups excluding tert-OH is 1. The van der Waals surface area contributed by atoms with E-state index in [0.717, 1.165) is 23.7 Å². The molecule has 6 atom stereocenters. The summed E-state index contributed by atoms with van der Waals surface area (Å²) in [7, 11) is 0. The van der Waals surface area contributed by atoms with Crippen molar-refractivity contribution in [3.05, 3.63) is 35.9 Å². The molecule has 1 aromatic carbocycles. The number of nitrogens with two attached hydrogens (primary N) is 1. The third-order valence-electron chi connectivity index (χ3n) is 6.08. The summed E-state index contributed by atoms with van der Waals surface area (Å²) in [4.78, 5) is 0. The van der Waals surface area contributed by atoms with Crippen LogP contribution in [-0.2, 0) is 0 Å². The molecule has 2 heteroatoms. The monoisotopic (exact) mass is 257 g/mol. The summed E-state index contributed by atoms with van der Waals surface area (Å²) in [6, 6.07) is 10.3. The van der Waals surface area contributed by atoms with Crippen LogP contribution in [0, 0.1) is 29.6 Å². The fourth-order valence-electron chi connectivity index (χ4n) is 5.29. The first-order valence-corrected chi connectivity index (χ1v) is 7.74. The highest BCUT2D eigenvalue weighted by molar-refractivity contribution is 5.24. The number of aliphatic hydroxyl groups is 1. The van der Waals surface area contributed by atoms with Gasteiger partial charge in [-0.25, -0.2) is 0 Å². The third kappa shape index (κ3) is 1.70. The highest BCUT2D eigenvalue weighted by Gasteiger charge is 2.67. The maximum Gasteiger partial charge on any atom is 0.0654 e. The lowest BCUT2D eigenvalue weighted by Crippen LogP contribution is -2.29. The standard InChI is InChI=1S/C17H23NO/c18-9-13(10-4-2-1-3-5-10)17(19)16-14-11-6-7-12(8-11)15(14)16/h1-5,11-17,19H,6-9,18H2. The number of hydrogen-bond acceptors (Lipinski definition) is 2. The van der Waals surface area contributed by atoms with Crippen LogP contribution < -0.4 is 5.73 Å². The van der Waals surface area contributed by atoms with Gasteiger partial charge in [0.1, 0.15) is 0 Å². The van der Waals surface area contributed by atoms with Gasteiger partial charge in [0.15, 0.2) is 0 Å². The first-order valence-electron chi connectivity index (χ1n) is 7.74. The molecule has 3 aliphatic rings. The normalized spacial score (nSPS) is 41.9. The van der Waals surface area contributed by atoms with E-state index >= 15 is 0 Å². The quantitative estimate of drug-likeness (QED) is 0.870. The van der Waals surface area contributed by atoms with Crippen molar-refractivity contribution in [2.75, 3.05) is 6.54 Å². The summed E-state index contributed by atoms with van der Waals surface area (Å²) in [6.07, 6.45) is 4.03. The lowest BCUT2D eigenvalue weighted by molar-refractivity contribution is 0.102. The molecule has 0 radical (unpaired) electrons. The van der Waals surface area contributed by atoms with Crippen molar-refractivity contribution in [3.8, 4) is 0 Å². The summed E-state index contributed by atoms with van der Waals surface area (Å²) >= 11 is 0. The second-order valence-electron chi connectivity index (χ2n) is 6.81. The van der Waals surface area contributed by atoms with Crippen LogP contribution in [0.3, 0.4) is 0 Å². The van der Waals surface area contributed by atoms with Crippen molar-refractivity contribution in [2.24, 2.45) is 35.3 Å². The molecule has 6 unspecified atom stereocenters. The van der Waals surface area contributed by atoms with Gasteiger partial charge >= 0.3 is 0 Å². The fourth-order valence-corrected chi connectivity index (χ4v) is 5.29. The Bertz CT molecular complexity index is 444. The average molecular weight is 257 g/mol. The van der Waals surface area contributed by atoms with E-state index in [0.29, 0.717) is 12.5 Å². The van der Waals surface area contributed by atoms with Gasteiger partial charge in [0, 0.05) is 12.5 Å². The molecule has 3 saturated carbocycles. The molecule has 2 nitrogen and oxygen atoms in total. The molecular weight excluding hydrogens is 234 g/mol. The molecule has 0 saturated heterocycles. The summed E-state index contributed by atoms with van der Waals surface area (Å²) < 4.78 is 0. The van der Waals surface area contributed by atoms with Gasteiger partial charge in [-0.3, -0.25) is 0 Å². The fraction of sp³-hybridized carbons (Fsp3) is 0.647. The second-order valence-corrected chi connectivity index (χ2v) is 6.81. The predicted octanol–water partition coefficient (Wildman–Crippen LogP) is 2.38. The number of rotatable bonds is 4. The molecule has 3 fully saturated rings. The Labute approximate surface area is 115 Å². The molecule has 19 heavy (non-hydrogen) atoms. The predicted molar refractivity (Wildman–Crippen MR) is 75.5 cm³/mol. The van der Waals surface area contributed by atoms with Crippen LogP contribution in [0.4, 0.5) is 0 Å². The van der Waals surface area contributed by atoms with Gasteiger partial charge in [-0.05, 0) is 54.4 Å². The molecular formula is C17H23NO. The van der Waals surface area contributed by atoms with Crippen LogP contribution in [0.15, 0.2) is 30.3 Å². The molecule has 0 amide bonds. The van der Waals surface area contributed by atoms with Crippen LogP contribution in [-0.4, -0.2) is 17.8 Å². The zero-order chi connectivity index (χ0) is 13.0. The van der Waals surface area contributed by atoms with Crippen molar-refractivity contribution >= 4 is 0 Å². The SMILES string of the molecule is NCC(c1ccccc1)C(O)C1C2C3CCC(C3)C21. The summed E-state index contributed by atoms with van der Waals surface area (Å²) in [5.41, 5.74) is 7.15. The van der Waals surface area contributed by atoms with E-state index in [-0.39, 0.29) is 12.0 Å². The molecule has 4 rings (SSSR count). The van der Waals surface area contributed by atoms with Gasteiger partial charge < -0.3 is 10.8 Å². The van der Waals surface area contributed by atoms with Crippen LogP contribution in [0.2, 0.25) is 0 Å². The van der Waals surface area contributed by atoms with E-state index in [2.05, 4.69) is 12.1 Å². The lowest BCUT2D eigenvalue weighted by atomic mass is 9.87. The van der Waals surface area contributed by atoms with Crippen molar-refractivity contribution < 1.29 is 5.11 Å². The topological polar surface area (TPSA) is 46.2 Å². The zero-order valence-corrected chi connectivity index (χ0v) is 11.3. The van der Waals surface area contributed by atoms with E-state index in [9.17, 15) is 5.11 Å². The Hall–Kier alpha value is -0.860. The van der Waals surface area contributed by atoms with Crippen LogP contribution >= 0.6 is 0 Å². The van der Waals surface area contributed by atoms with Gasteiger partial charge in [-0.1, -0.05) is 30.3 Å². The summed E-state index contributed by atoms with van der Waals surface area (Å²) in [5.74, 6) is 4.15. The molecule has 0 spiro atoms. The van der Waals surface area contributed by atoms with Gasteiger partial charge in [0.05, 0.1) is 6.10 Å². The highest BCUT2D eigenvalue weighted by Crippen LogP contribution is 2.71. The second kappa shape index (κ2) is 4.32. The maximum absolute atomic E-state index is 10.8. The van der Waals surface area contributed by atoms with Gasteiger partial charge in [-0.15, -0.1) is 0 Å². The van der Waals surface area contributed by atoms with E-state index in [1.165, 1.54) is 24.8 Å². The number of hydrogen-bond donors (Lipinski definition) is 2. The summed E-state index contributed by atoms with van der Waals surface area (Å²) in [6.45, 7) is 0.552. The van der Waals surface area contributed by atoms with Gasteiger partial charge in [0.2, 0.25) is 0 Å². The first-order chi connectivity index (χ1) is 9.31. The van der Waals surface area contributed by atoms with Crippen molar-refractivity contribution in [1.29, 1.82) is 0 Å². The lowest BCUT2D eigenvalue weighted by Gasteiger charge is -2.24. The van der Waals surface area contributed by atoms with Crippen molar-refractivity contribution in [2.45, 2.75) is 31.3 Å². The maximum atomic E-state index is 10.8. The van der Waals surface area contributed by atoms with Crippen molar-refractivity contribution in [1.82, 2.24) is 0 Å². The molecule has 3 N–H and O–H groups in total. The van der Waals surface area contributed by atoms with Crippen LogP contribution in [0.1, 0.15) is 30.7 Å². The minimum Gasteiger partial charge on any atom is -0.392 e. The van der Waals surface area contributed by atoms with Crippen LogP contribution in [0.5, 0.6) is 0 Å². The Morgan fingerprint density at radius 2 is 1.74 bits per heavy atom. The molecule has 102 valence electrons. The number of benzene rings is 1. The van der Waals surface area contributed by atoms with E-state index < -0.39 is 0 Å². The summed E-state index contributed by atoms with van der Waals surface area (Å²) in [5, 5.41) is 10.8. The third-order valence-corrected chi connectivity index (χ3v) is 6.08. The highest BCUT2D eigenvalue weighted by atomic mass is 16.3. The Balaban J connectivity index is 1.53.